The molecule has 9 heteroatoms. The van der Waals surface area contributed by atoms with E-state index in [4.69, 9.17) is 4.74 Å². The maximum atomic E-state index is 12.7. The Hall–Kier alpha value is -3.85. The topological polar surface area (TPSA) is 93.5 Å². The third-order valence-corrected chi connectivity index (χ3v) is 6.20. The van der Waals surface area contributed by atoms with Gasteiger partial charge < -0.3 is 10.1 Å². The van der Waals surface area contributed by atoms with E-state index in [1.54, 1.807) is 37.5 Å². The first-order valence-electron chi connectivity index (χ1n) is 10.7. The van der Waals surface area contributed by atoms with E-state index in [1.165, 1.54) is 0 Å². The van der Waals surface area contributed by atoms with Crippen LogP contribution in [0.3, 0.4) is 0 Å². The number of benzene rings is 2. The number of carbonyl (C=O) groups is 3. The average molecular weight is 477 g/mol. The number of aryl methyl sites for hydroxylation is 2. The molecule has 3 amide bonds. The second kappa shape index (κ2) is 9.96. The lowest BCUT2D eigenvalue weighted by atomic mass is 10.2. The number of carbonyl (C=O) groups excluding carboxylic acids is 3. The van der Waals surface area contributed by atoms with Gasteiger partial charge in [-0.25, -0.2) is 4.68 Å². The molecule has 4 rings (SSSR count). The van der Waals surface area contributed by atoms with Crippen LogP contribution in [0.25, 0.3) is 11.8 Å². The number of rotatable bonds is 7. The van der Waals surface area contributed by atoms with E-state index in [0.29, 0.717) is 16.2 Å². The van der Waals surface area contributed by atoms with Gasteiger partial charge in [-0.15, -0.1) is 0 Å². The molecule has 0 spiro atoms. The fourth-order valence-corrected chi connectivity index (χ4v) is 4.44. The summed E-state index contributed by atoms with van der Waals surface area (Å²) in [5, 5.41) is 6.85. The Balaban J connectivity index is 1.33. The fraction of sp³-hybridized carbons (Fsp3) is 0.200. The summed E-state index contributed by atoms with van der Waals surface area (Å²) in [5.41, 5.74) is 4.07. The largest absolute Gasteiger partial charge is 0.497 e. The molecule has 0 aliphatic carbocycles. The molecule has 2 aromatic carbocycles. The maximum absolute atomic E-state index is 12.7. The Bertz CT molecular complexity index is 1260. The predicted molar refractivity (Wildman–Crippen MR) is 131 cm³/mol. The van der Waals surface area contributed by atoms with Gasteiger partial charge in [0.1, 0.15) is 5.75 Å². The Kier molecular flexibility index (Phi) is 6.83. The van der Waals surface area contributed by atoms with Crippen LogP contribution in [0.15, 0.2) is 59.5 Å². The molecule has 1 fully saturated rings. The van der Waals surface area contributed by atoms with E-state index in [1.807, 2.05) is 48.9 Å². The number of amides is 3. The second-order valence-electron chi connectivity index (χ2n) is 7.75. The van der Waals surface area contributed by atoms with Crippen molar-refractivity contribution in [2.45, 2.75) is 13.8 Å². The summed E-state index contributed by atoms with van der Waals surface area (Å²) in [7, 11) is 1.58. The predicted octanol–water partition coefficient (Wildman–Crippen LogP) is 3.96. The Morgan fingerprint density at radius 3 is 2.41 bits per heavy atom. The van der Waals surface area contributed by atoms with E-state index in [0.717, 1.165) is 39.3 Å². The zero-order valence-corrected chi connectivity index (χ0v) is 19.9. The zero-order valence-electron chi connectivity index (χ0n) is 19.1. The average Bonchev–Trinajstić information content (AvgIpc) is 3.31. The van der Waals surface area contributed by atoms with Gasteiger partial charge in [0, 0.05) is 24.3 Å². The number of hydrogen-bond donors (Lipinski definition) is 1. The molecule has 1 aliphatic rings. The molecule has 0 bridgehead atoms. The number of nitrogens with one attached hydrogen (secondary N) is 1. The molecular weight excluding hydrogens is 452 g/mol. The first-order chi connectivity index (χ1) is 16.4. The Morgan fingerprint density at radius 1 is 1.09 bits per heavy atom. The smallest absolute Gasteiger partial charge is 0.293 e. The fourth-order valence-electron chi connectivity index (χ4n) is 3.57. The molecule has 0 saturated carbocycles. The molecule has 8 nitrogen and oxygen atoms in total. The van der Waals surface area contributed by atoms with Gasteiger partial charge in [0.05, 0.1) is 23.4 Å². The van der Waals surface area contributed by atoms with Crippen LogP contribution in [0.1, 0.15) is 27.3 Å². The highest BCUT2D eigenvalue weighted by Crippen LogP contribution is 2.32. The van der Waals surface area contributed by atoms with Crippen LogP contribution in [0.2, 0.25) is 0 Å². The Labute approximate surface area is 201 Å². The van der Waals surface area contributed by atoms with Crippen molar-refractivity contribution in [3.8, 4) is 11.4 Å². The highest BCUT2D eigenvalue weighted by molar-refractivity contribution is 8.18. The van der Waals surface area contributed by atoms with Crippen molar-refractivity contribution in [1.82, 2.24) is 20.0 Å². The molecular formula is C25H24N4O4S. The van der Waals surface area contributed by atoms with Gasteiger partial charge in [0.15, 0.2) is 0 Å². The van der Waals surface area contributed by atoms with Crippen molar-refractivity contribution in [3.05, 3.63) is 82.0 Å². The minimum atomic E-state index is -0.366. The SMILES string of the molecule is COc1ccc(/C=C2\SC(=O)N(CCNC(=O)c3ccc(-n4nc(C)cc4C)cc3)C2=O)cc1. The number of aromatic nitrogens is 2. The van der Waals surface area contributed by atoms with Crippen LogP contribution in [0.4, 0.5) is 4.79 Å². The minimum absolute atomic E-state index is 0.0974. The number of thioether (sulfide) groups is 1. The quantitative estimate of drug-likeness (QED) is 0.519. The first-order valence-corrected chi connectivity index (χ1v) is 11.5. The minimum Gasteiger partial charge on any atom is -0.497 e. The lowest BCUT2D eigenvalue weighted by Crippen LogP contribution is -2.37. The number of nitrogens with zero attached hydrogens (tertiary/aromatic N) is 3. The molecule has 1 N–H and O–H groups in total. The summed E-state index contributed by atoms with van der Waals surface area (Å²) >= 11 is 0.890. The van der Waals surface area contributed by atoms with E-state index in [-0.39, 0.29) is 30.1 Å². The van der Waals surface area contributed by atoms with E-state index in [2.05, 4.69) is 10.4 Å². The molecule has 174 valence electrons. The summed E-state index contributed by atoms with van der Waals surface area (Å²) in [5.74, 6) is 0.0669. The standard InChI is InChI=1S/C25H24N4O4S/c1-16-14-17(2)29(27-16)20-8-6-19(7-9-20)23(30)26-12-13-28-24(31)22(34-25(28)32)15-18-4-10-21(33-3)11-5-18/h4-11,14-15H,12-13H2,1-3H3,(H,26,30)/b22-15-. The van der Waals surface area contributed by atoms with Crippen molar-refractivity contribution in [3.63, 3.8) is 0 Å². The molecule has 3 aromatic rings. The van der Waals surface area contributed by atoms with Crippen LogP contribution in [0.5, 0.6) is 5.75 Å². The third kappa shape index (κ3) is 5.04. The molecule has 2 heterocycles. The normalized spacial score (nSPS) is 14.7. The van der Waals surface area contributed by atoms with E-state index < -0.39 is 0 Å². The Morgan fingerprint density at radius 2 is 1.79 bits per heavy atom. The molecule has 0 radical (unpaired) electrons. The summed E-state index contributed by atoms with van der Waals surface area (Å²) in [6.07, 6.45) is 1.67. The number of hydrogen-bond acceptors (Lipinski definition) is 6. The van der Waals surface area contributed by atoms with Crippen LogP contribution in [-0.2, 0) is 4.79 Å². The van der Waals surface area contributed by atoms with Crippen LogP contribution in [-0.4, -0.2) is 51.9 Å². The highest BCUT2D eigenvalue weighted by atomic mass is 32.2. The van der Waals surface area contributed by atoms with Crippen molar-refractivity contribution in [2.75, 3.05) is 20.2 Å². The molecule has 1 aliphatic heterocycles. The number of imide groups is 1. The summed E-state index contributed by atoms with van der Waals surface area (Å²) in [6.45, 7) is 4.15. The van der Waals surface area contributed by atoms with Gasteiger partial charge >= 0.3 is 0 Å². The van der Waals surface area contributed by atoms with Gasteiger partial charge in [-0.3, -0.25) is 19.3 Å². The lowest BCUT2D eigenvalue weighted by Gasteiger charge is -2.13. The second-order valence-corrected chi connectivity index (χ2v) is 8.74. The molecule has 1 saturated heterocycles. The van der Waals surface area contributed by atoms with Crippen LogP contribution < -0.4 is 10.1 Å². The van der Waals surface area contributed by atoms with E-state index in [9.17, 15) is 14.4 Å². The van der Waals surface area contributed by atoms with Crippen LogP contribution in [0, 0.1) is 13.8 Å². The molecule has 1 aromatic heterocycles. The van der Waals surface area contributed by atoms with Crippen molar-refractivity contribution >= 4 is 34.9 Å². The third-order valence-electron chi connectivity index (χ3n) is 5.29. The number of methoxy groups -OCH3 is 1. The highest BCUT2D eigenvalue weighted by Gasteiger charge is 2.34. The van der Waals surface area contributed by atoms with Crippen LogP contribution >= 0.6 is 11.8 Å². The first kappa shape index (κ1) is 23.3. The van der Waals surface area contributed by atoms with Gasteiger partial charge in [-0.2, -0.15) is 5.10 Å². The van der Waals surface area contributed by atoms with Crippen molar-refractivity contribution < 1.29 is 19.1 Å². The summed E-state index contributed by atoms with van der Waals surface area (Å²) in [6, 6.07) is 16.3. The van der Waals surface area contributed by atoms with Gasteiger partial charge in [-0.1, -0.05) is 12.1 Å². The van der Waals surface area contributed by atoms with E-state index >= 15 is 0 Å². The monoisotopic (exact) mass is 476 g/mol. The van der Waals surface area contributed by atoms with Gasteiger partial charge in [0.25, 0.3) is 17.1 Å². The van der Waals surface area contributed by atoms with Crippen molar-refractivity contribution in [2.24, 2.45) is 0 Å². The van der Waals surface area contributed by atoms with Crippen molar-refractivity contribution in [1.29, 1.82) is 0 Å². The number of ether oxygens (including phenoxy) is 1. The van der Waals surface area contributed by atoms with Gasteiger partial charge in [0.2, 0.25) is 0 Å². The lowest BCUT2D eigenvalue weighted by molar-refractivity contribution is -0.122. The molecule has 34 heavy (non-hydrogen) atoms. The zero-order chi connectivity index (χ0) is 24.2. The maximum Gasteiger partial charge on any atom is 0.293 e. The molecule has 0 atom stereocenters. The molecule has 0 unspecified atom stereocenters. The summed E-state index contributed by atoms with van der Waals surface area (Å²) < 4.78 is 6.94. The summed E-state index contributed by atoms with van der Waals surface area (Å²) in [4.78, 5) is 39.0. The van der Waals surface area contributed by atoms with Gasteiger partial charge in [-0.05, 0) is 79.7 Å².